The maximum atomic E-state index is 7.19. The fourth-order valence-electron chi connectivity index (χ4n) is 16.6. The van der Waals surface area contributed by atoms with Crippen molar-refractivity contribution in [2.45, 2.75) is 85.2 Å². The molecular weight excluding hydrogens is 643 g/mol. The molecule has 3 saturated carbocycles. The van der Waals surface area contributed by atoms with Gasteiger partial charge < -0.3 is 9.64 Å². The van der Waals surface area contributed by atoms with Gasteiger partial charge >= 0.3 is 0 Å². The van der Waals surface area contributed by atoms with E-state index in [1.54, 1.807) is 38.8 Å². The highest BCUT2D eigenvalue weighted by molar-refractivity contribution is 6.78. The third kappa shape index (κ3) is 2.76. The standard InChI is InChI=1S/C49H41BN2O/c1-5-16-31-27(12-1)28-13-2-6-17-32(28)48(31)35-20-10-21-36-42(35)50-43-37(48)23-24-39-45(43)52-46-41-26(11-9-22-40(41)53-47(52)51-39)25-38(44(46)50)49(36)33-18-7-3-14-29(33)30-15-4-8-19-34(30)49/h1-8,10,12-21,26,37-41,43-46H,9,11,22-25H2. The van der Waals surface area contributed by atoms with Crippen LogP contribution in [-0.2, 0) is 15.6 Å². The Labute approximate surface area is 311 Å². The first-order chi connectivity index (χ1) is 26.3. The summed E-state index contributed by atoms with van der Waals surface area (Å²) < 4.78 is 7.19. The van der Waals surface area contributed by atoms with Gasteiger partial charge in [-0.15, -0.1) is 0 Å². The summed E-state index contributed by atoms with van der Waals surface area (Å²) in [7, 11) is 0. The molecule has 256 valence electrons. The quantitative estimate of drug-likeness (QED) is 0.152. The normalized spacial score (nSPS) is 36.0. The number of nitrogens with zero attached hydrogens (tertiary/aromatic N) is 2. The fraction of sp³-hybridized carbons (Fsp3) is 0.367. The number of hydrogen-bond donors (Lipinski definition) is 0. The molecule has 5 aromatic rings. The molecule has 4 heteroatoms. The van der Waals surface area contributed by atoms with Gasteiger partial charge in [0.1, 0.15) is 6.10 Å². The number of ether oxygens (including phenoxy) is 1. The summed E-state index contributed by atoms with van der Waals surface area (Å²) >= 11 is 0. The van der Waals surface area contributed by atoms with Gasteiger partial charge in [0, 0.05) is 22.8 Å². The molecule has 10 unspecified atom stereocenters. The summed E-state index contributed by atoms with van der Waals surface area (Å²) in [6.45, 7) is 0.539. The smallest absolute Gasteiger partial charge is 0.288 e. The summed E-state index contributed by atoms with van der Waals surface area (Å²) in [6, 6.07) is 48.4. The highest BCUT2D eigenvalue weighted by atomic mass is 16.5. The second-order valence-electron chi connectivity index (χ2n) is 18.6. The number of aliphatic imine (C=N–C) groups is 1. The molecule has 0 aromatic heterocycles. The minimum absolute atomic E-state index is 0.181. The van der Waals surface area contributed by atoms with Crippen molar-refractivity contribution < 1.29 is 4.74 Å². The third-order valence-corrected chi connectivity index (χ3v) is 17.5. The second kappa shape index (κ2) is 9.03. The largest absolute Gasteiger partial charge is 0.461 e. The fourth-order valence-corrected chi connectivity index (χ4v) is 16.6. The minimum atomic E-state index is -0.187. The Kier molecular flexibility index (Phi) is 4.76. The van der Waals surface area contributed by atoms with Crippen LogP contribution in [0.3, 0.4) is 0 Å². The van der Waals surface area contributed by atoms with Gasteiger partial charge in [-0.2, -0.15) is 0 Å². The van der Waals surface area contributed by atoms with Crippen molar-refractivity contribution in [3.63, 3.8) is 0 Å². The first kappa shape index (κ1) is 28.0. The summed E-state index contributed by atoms with van der Waals surface area (Å²) in [6.07, 6.45) is 7.83. The monoisotopic (exact) mass is 684 g/mol. The maximum Gasteiger partial charge on any atom is 0.288 e. The van der Waals surface area contributed by atoms with E-state index in [4.69, 9.17) is 9.73 Å². The lowest BCUT2D eigenvalue weighted by Crippen LogP contribution is -2.79. The molecule has 5 aliphatic carbocycles. The van der Waals surface area contributed by atoms with Crippen molar-refractivity contribution in [3.05, 3.63) is 149 Å². The van der Waals surface area contributed by atoms with Gasteiger partial charge in [0.15, 0.2) is 6.71 Å². The minimum Gasteiger partial charge on any atom is -0.461 e. The van der Waals surface area contributed by atoms with Gasteiger partial charge in [0.25, 0.3) is 6.02 Å². The van der Waals surface area contributed by atoms with Gasteiger partial charge in [0.05, 0.1) is 12.1 Å². The molecule has 15 rings (SSSR count). The van der Waals surface area contributed by atoms with Gasteiger partial charge in [-0.05, 0) is 124 Å². The zero-order valence-electron chi connectivity index (χ0n) is 29.9. The lowest BCUT2D eigenvalue weighted by Gasteiger charge is -2.72. The van der Waals surface area contributed by atoms with E-state index >= 15 is 0 Å². The number of rotatable bonds is 0. The lowest BCUT2D eigenvalue weighted by atomic mass is 9.13. The predicted octanol–water partition coefficient (Wildman–Crippen LogP) is 8.82. The number of benzene rings is 5. The molecule has 0 N–H and O–H groups in total. The summed E-state index contributed by atoms with van der Waals surface area (Å²) in [4.78, 5) is 8.58. The topological polar surface area (TPSA) is 24.8 Å². The Balaban J connectivity index is 1.14. The SMILES string of the molecule is c1ccc2c(c1)-c1ccccc1C21c2cccc3c2B2C4C5C(CCC41)N=C1OC4CCCC6CC(C2C(C64)N15)C31c2ccccc2-c2ccccc21. The summed E-state index contributed by atoms with van der Waals surface area (Å²) in [5.74, 6) is 3.42. The summed E-state index contributed by atoms with van der Waals surface area (Å²) in [5.41, 5.74) is 16.7. The Bertz CT molecular complexity index is 2450. The molecule has 2 spiro atoms. The molecule has 2 saturated heterocycles. The van der Waals surface area contributed by atoms with E-state index < -0.39 is 0 Å². The third-order valence-electron chi connectivity index (χ3n) is 17.5. The highest BCUT2D eigenvalue weighted by Gasteiger charge is 2.77. The molecule has 3 nitrogen and oxygen atoms in total. The van der Waals surface area contributed by atoms with Crippen LogP contribution in [-0.4, -0.2) is 41.9 Å². The van der Waals surface area contributed by atoms with Crippen LogP contribution in [0.25, 0.3) is 22.3 Å². The number of amidine groups is 1. The van der Waals surface area contributed by atoms with Crippen LogP contribution in [0.2, 0.25) is 11.6 Å². The molecule has 5 aliphatic heterocycles. The maximum absolute atomic E-state index is 7.19. The van der Waals surface area contributed by atoms with E-state index in [0.717, 1.165) is 12.4 Å². The Morgan fingerprint density at radius 2 is 1.11 bits per heavy atom. The Hall–Kier alpha value is -4.57. The number of hydrogen-bond acceptors (Lipinski definition) is 3. The van der Waals surface area contributed by atoms with E-state index in [1.807, 2.05) is 0 Å². The molecule has 53 heavy (non-hydrogen) atoms. The van der Waals surface area contributed by atoms with Crippen molar-refractivity contribution in [1.82, 2.24) is 4.90 Å². The van der Waals surface area contributed by atoms with Gasteiger partial charge in [-0.25, -0.2) is 4.99 Å². The van der Waals surface area contributed by atoms with E-state index in [0.29, 0.717) is 66.2 Å². The van der Waals surface area contributed by atoms with E-state index in [-0.39, 0.29) is 10.8 Å². The predicted molar refractivity (Wildman–Crippen MR) is 210 cm³/mol. The molecular formula is C49H41BN2O. The highest BCUT2D eigenvalue weighted by Crippen LogP contribution is 2.75. The first-order valence-electron chi connectivity index (χ1n) is 20.9. The molecule has 10 atom stereocenters. The molecule has 10 aliphatic rings. The summed E-state index contributed by atoms with van der Waals surface area (Å²) in [5, 5.41) is 0. The Morgan fingerprint density at radius 1 is 0.566 bits per heavy atom. The van der Waals surface area contributed by atoms with Crippen molar-refractivity contribution >= 4 is 18.2 Å². The zero-order valence-corrected chi connectivity index (χ0v) is 29.9. The van der Waals surface area contributed by atoms with Crippen molar-refractivity contribution in [2.24, 2.45) is 28.7 Å². The number of fused-ring (bicyclic) bond motifs is 14. The van der Waals surface area contributed by atoms with Gasteiger partial charge in [-0.1, -0.05) is 121 Å². The van der Waals surface area contributed by atoms with Gasteiger partial charge in [-0.3, -0.25) is 0 Å². The zero-order chi connectivity index (χ0) is 33.9. The molecule has 5 aromatic carbocycles. The van der Waals surface area contributed by atoms with Crippen molar-refractivity contribution in [1.29, 1.82) is 0 Å². The molecule has 0 bridgehead atoms. The molecule has 0 radical (unpaired) electrons. The molecule has 5 fully saturated rings. The first-order valence-corrected chi connectivity index (χ1v) is 20.9. The van der Waals surface area contributed by atoms with Crippen molar-refractivity contribution in [2.75, 3.05) is 0 Å². The average molecular weight is 685 g/mol. The van der Waals surface area contributed by atoms with Crippen LogP contribution in [0.4, 0.5) is 0 Å². The Morgan fingerprint density at radius 3 is 1.74 bits per heavy atom. The molecule has 0 amide bonds. The van der Waals surface area contributed by atoms with Crippen LogP contribution in [0, 0.1) is 23.7 Å². The van der Waals surface area contributed by atoms with Crippen LogP contribution in [0.1, 0.15) is 71.9 Å². The van der Waals surface area contributed by atoms with Crippen LogP contribution < -0.4 is 5.46 Å². The van der Waals surface area contributed by atoms with E-state index in [2.05, 4.69) is 120 Å². The van der Waals surface area contributed by atoms with Gasteiger partial charge in [0.2, 0.25) is 0 Å². The van der Waals surface area contributed by atoms with Crippen LogP contribution in [0.5, 0.6) is 0 Å². The van der Waals surface area contributed by atoms with Crippen molar-refractivity contribution in [3.8, 4) is 22.3 Å². The van der Waals surface area contributed by atoms with Crippen LogP contribution >= 0.6 is 0 Å². The second-order valence-corrected chi connectivity index (χ2v) is 18.6. The van der Waals surface area contributed by atoms with Crippen LogP contribution in [0.15, 0.2) is 120 Å². The lowest BCUT2D eigenvalue weighted by molar-refractivity contribution is -0.106. The van der Waals surface area contributed by atoms with E-state index in [1.165, 1.54) is 54.4 Å². The molecule has 5 heterocycles. The average Bonchev–Trinajstić information content (AvgIpc) is 3.84. The van der Waals surface area contributed by atoms with E-state index in [9.17, 15) is 0 Å².